The molecule has 1 N–H and O–H groups in total. The average molecular weight is 277 g/mol. The molecule has 0 atom stereocenters. The van der Waals surface area contributed by atoms with Crippen molar-refractivity contribution in [2.75, 3.05) is 31.6 Å². The Hall–Kier alpha value is -2.11. The topological polar surface area (TPSA) is 73.7 Å². The lowest BCUT2D eigenvalue weighted by Crippen LogP contribution is -2.48. The van der Waals surface area contributed by atoms with E-state index in [1.54, 1.807) is 18.0 Å². The number of nitrogens with zero attached hydrogens (tertiary/aromatic N) is 3. The molecule has 1 amide bonds. The number of rotatable bonds is 3. The van der Waals surface area contributed by atoms with Gasteiger partial charge < -0.3 is 14.9 Å². The Labute approximate surface area is 118 Å². The SMILES string of the molecule is CC(C)c1cc(C(=O)O)cc(N2CCN(C)C(=O)C2)n1. The van der Waals surface area contributed by atoms with Gasteiger partial charge in [0.1, 0.15) is 5.82 Å². The Morgan fingerprint density at radius 2 is 2.05 bits per heavy atom. The first-order valence-corrected chi connectivity index (χ1v) is 6.62. The maximum atomic E-state index is 11.8. The van der Waals surface area contributed by atoms with Gasteiger partial charge in [-0.2, -0.15) is 0 Å². The number of carboxylic acid groups (broad SMARTS) is 1. The molecule has 0 aromatic carbocycles. The Bertz CT molecular complexity index is 542. The number of aromatic nitrogens is 1. The third kappa shape index (κ3) is 2.89. The normalized spacial score (nSPS) is 15.9. The first kappa shape index (κ1) is 14.3. The van der Waals surface area contributed by atoms with Crippen LogP contribution in [0.5, 0.6) is 0 Å². The quantitative estimate of drug-likeness (QED) is 0.898. The molecule has 0 spiro atoms. The minimum Gasteiger partial charge on any atom is -0.478 e. The molecule has 2 rings (SSSR count). The van der Waals surface area contributed by atoms with Gasteiger partial charge in [0.2, 0.25) is 5.91 Å². The van der Waals surface area contributed by atoms with Gasteiger partial charge in [-0.05, 0) is 18.1 Å². The van der Waals surface area contributed by atoms with Gasteiger partial charge in [-0.25, -0.2) is 9.78 Å². The second-order valence-corrected chi connectivity index (χ2v) is 5.34. The van der Waals surface area contributed by atoms with E-state index >= 15 is 0 Å². The Morgan fingerprint density at radius 1 is 1.35 bits per heavy atom. The molecular weight excluding hydrogens is 258 g/mol. The highest BCUT2D eigenvalue weighted by Gasteiger charge is 2.23. The van der Waals surface area contributed by atoms with Gasteiger partial charge in [0, 0.05) is 25.8 Å². The lowest BCUT2D eigenvalue weighted by molar-refractivity contribution is -0.129. The first-order valence-electron chi connectivity index (χ1n) is 6.62. The van der Waals surface area contributed by atoms with Crippen LogP contribution in [0.2, 0.25) is 0 Å². The molecule has 2 heterocycles. The summed E-state index contributed by atoms with van der Waals surface area (Å²) in [7, 11) is 1.76. The van der Waals surface area contributed by atoms with Crippen LogP contribution in [0.3, 0.4) is 0 Å². The van der Waals surface area contributed by atoms with Gasteiger partial charge in [0.25, 0.3) is 0 Å². The van der Waals surface area contributed by atoms with Crippen molar-refractivity contribution in [2.45, 2.75) is 19.8 Å². The molecule has 0 unspecified atom stereocenters. The van der Waals surface area contributed by atoms with Crippen LogP contribution in [0.1, 0.15) is 35.8 Å². The van der Waals surface area contributed by atoms with E-state index in [9.17, 15) is 14.7 Å². The van der Waals surface area contributed by atoms with Gasteiger partial charge in [0.15, 0.2) is 0 Å². The van der Waals surface area contributed by atoms with Crippen LogP contribution in [-0.4, -0.2) is 53.5 Å². The lowest BCUT2D eigenvalue weighted by atomic mass is 10.1. The fourth-order valence-electron chi connectivity index (χ4n) is 2.07. The standard InChI is InChI=1S/C14H19N3O3/c1-9(2)11-6-10(14(19)20)7-12(15-11)17-5-4-16(3)13(18)8-17/h6-7,9H,4-5,8H2,1-3H3,(H,19,20). The van der Waals surface area contributed by atoms with Gasteiger partial charge in [-0.15, -0.1) is 0 Å². The number of amides is 1. The van der Waals surface area contributed by atoms with Crippen molar-refractivity contribution in [1.29, 1.82) is 0 Å². The summed E-state index contributed by atoms with van der Waals surface area (Å²) in [6.07, 6.45) is 0. The van der Waals surface area contributed by atoms with Gasteiger partial charge in [-0.1, -0.05) is 13.8 Å². The number of carboxylic acids is 1. The van der Waals surface area contributed by atoms with E-state index in [0.717, 1.165) is 5.69 Å². The molecule has 108 valence electrons. The lowest BCUT2D eigenvalue weighted by Gasteiger charge is -2.33. The number of pyridine rings is 1. The van der Waals surface area contributed by atoms with Crippen LogP contribution in [0.15, 0.2) is 12.1 Å². The summed E-state index contributed by atoms with van der Waals surface area (Å²) in [5, 5.41) is 9.19. The first-order chi connectivity index (χ1) is 9.38. The number of likely N-dealkylation sites (N-methyl/N-ethyl adjacent to an activating group) is 1. The summed E-state index contributed by atoms with van der Waals surface area (Å²) < 4.78 is 0. The van der Waals surface area contributed by atoms with Crippen LogP contribution in [-0.2, 0) is 4.79 Å². The fraction of sp³-hybridized carbons (Fsp3) is 0.500. The predicted molar refractivity (Wildman–Crippen MR) is 75.1 cm³/mol. The smallest absolute Gasteiger partial charge is 0.335 e. The zero-order chi connectivity index (χ0) is 14.9. The monoisotopic (exact) mass is 277 g/mol. The highest BCUT2D eigenvalue weighted by Crippen LogP contribution is 2.21. The molecule has 0 bridgehead atoms. The van der Waals surface area contributed by atoms with E-state index in [2.05, 4.69) is 4.98 Å². The van der Waals surface area contributed by atoms with Gasteiger partial charge >= 0.3 is 5.97 Å². The number of aromatic carboxylic acids is 1. The molecule has 6 heteroatoms. The number of carbonyl (C=O) groups is 2. The van der Waals surface area contributed by atoms with Crippen molar-refractivity contribution in [1.82, 2.24) is 9.88 Å². The van der Waals surface area contributed by atoms with Crippen molar-refractivity contribution in [3.8, 4) is 0 Å². The van der Waals surface area contributed by atoms with Crippen molar-refractivity contribution >= 4 is 17.7 Å². The molecule has 0 aliphatic carbocycles. The van der Waals surface area contributed by atoms with Crippen LogP contribution < -0.4 is 4.90 Å². The fourth-order valence-corrected chi connectivity index (χ4v) is 2.07. The number of piperazine rings is 1. The molecule has 0 radical (unpaired) electrons. The van der Waals surface area contributed by atoms with Crippen LogP contribution in [0.25, 0.3) is 0 Å². The van der Waals surface area contributed by atoms with Gasteiger partial charge in [0.05, 0.1) is 12.1 Å². The van der Waals surface area contributed by atoms with Crippen LogP contribution >= 0.6 is 0 Å². The second kappa shape index (κ2) is 5.48. The molecule has 1 saturated heterocycles. The molecule has 1 aromatic heterocycles. The Balaban J connectivity index is 2.35. The van der Waals surface area contributed by atoms with Crippen molar-refractivity contribution in [2.24, 2.45) is 0 Å². The summed E-state index contributed by atoms with van der Waals surface area (Å²) in [4.78, 5) is 31.0. The van der Waals surface area contributed by atoms with E-state index in [4.69, 9.17) is 0 Å². The van der Waals surface area contributed by atoms with E-state index in [-0.39, 0.29) is 23.9 Å². The maximum Gasteiger partial charge on any atom is 0.335 e. The molecule has 6 nitrogen and oxygen atoms in total. The third-order valence-corrected chi connectivity index (χ3v) is 3.45. The summed E-state index contributed by atoms with van der Waals surface area (Å²) in [5.74, 6) is -0.257. The number of hydrogen-bond acceptors (Lipinski definition) is 4. The molecule has 20 heavy (non-hydrogen) atoms. The molecule has 1 aliphatic heterocycles. The van der Waals surface area contributed by atoms with Crippen molar-refractivity contribution < 1.29 is 14.7 Å². The average Bonchev–Trinajstić information content (AvgIpc) is 2.41. The highest BCUT2D eigenvalue weighted by molar-refractivity contribution is 5.89. The van der Waals surface area contributed by atoms with Crippen molar-refractivity contribution in [3.63, 3.8) is 0 Å². The largest absolute Gasteiger partial charge is 0.478 e. The highest BCUT2D eigenvalue weighted by atomic mass is 16.4. The zero-order valence-electron chi connectivity index (χ0n) is 12.0. The van der Waals surface area contributed by atoms with E-state index in [1.807, 2.05) is 18.7 Å². The minimum atomic E-state index is -0.976. The maximum absolute atomic E-state index is 11.8. The summed E-state index contributed by atoms with van der Waals surface area (Å²) >= 11 is 0. The van der Waals surface area contributed by atoms with E-state index < -0.39 is 5.97 Å². The van der Waals surface area contributed by atoms with E-state index in [1.165, 1.54) is 6.07 Å². The number of anilines is 1. The predicted octanol–water partition coefficient (Wildman–Crippen LogP) is 1.18. The third-order valence-electron chi connectivity index (χ3n) is 3.45. The molecular formula is C14H19N3O3. The van der Waals surface area contributed by atoms with Gasteiger partial charge in [-0.3, -0.25) is 4.79 Å². The molecule has 1 aliphatic rings. The molecule has 1 aromatic rings. The van der Waals surface area contributed by atoms with E-state index in [0.29, 0.717) is 18.9 Å². The number of hydrogen-bond donors (Lipinski definition) is 1. The van der Waals surface area contributed by atoms with Crippen LogP contribution in [0, 0.1) is 0 Å². The summed E-state index contributed by atoms with van der Waals surface area (Å²) in [6, 6.07) is 3.13. The zero-order valence-corrected chi connectivity index (χ0v) is 12.0. The van der Waals surface area contributed by atoms with Crippen molar-refractivity contribution in [3.05, 3.63) is 23.4 Å². The summed E-state index contributed by atoms with van der Waals surface area (Å²) in [6.45, 7) is 5.45. The Kier molecular flexibility index (Phi) is 3.92. The Morgan fingerprint density at radius 3 is 2.60 bits per heavy atom. The van der Waals surface area contributed by atoms with Crippen LogP contribution in [0.4, 0.5) is 5.82 Å². The minimum absolute atomic E-state index is 0.0184. The number of carbonyl (C=O) groups excluding carboxylic acids is 1. The summed E-state index contributed by atoms with van der Waals surface area (Å²) in [5.41, 5.74) is 0.941. The molecule has 1 fully saturated rings. The second-order valence-electron chi connectivity index (χ2n) is 5.34. The molecule has 0 saturated carbocycles.